The smallest absolute Gasteiger partial charge is 0.0944 e. The van der Waals surface area contributed by atoms with Crippen LogP contribution in [0.3, 0.4) is 0 Å². The van der Waals surface area contributed by atoms with E-state index in [-0.39, 0.29) is 49.6 Å². The second kappa shape index (κ2) is 35.0. The molecule has 0 aliphatic rings. The quantitative estimate of drug-likeness (QED) is 0.139. The number of quaternary nitrogens is 4. The standard InChI is InChI=1S/C16H36N4.4ClH/c1-3-17-11-5-7-13-19-15-9-10-16-20-14-8-6-12-18-4-2;;;;/h9-10,17-20H,3-8,11-16H2,1-2H3;4*1H/b10-9-;;;;. The molecule has 0 bridgehead atoms. The highest BCUT2D eigenvalue weighted by atomic mass is 35.5. The van der Waals surface area contributed by atoms with Crippen LogP contribution in [0.15, 0.2) is 12.2 Å². The van der Waals surface area contributed by atoms with Crippen LogP contribution < -0.4 is 70.9 Å². The van der Waals surface area contributed by atoms with Gasteiger partial charge in [-0.15, -0.1) is 0 Å². The van der Waals surface area contributed by atoms with Crippen LogP contribution in [0.4, 0.5) is 0 Å². The van der Waals surface area contributed by atoms with E-state index in [0.29, 0.717) is 0 Å². The largest absolute Gasteiger partial charge is 1.00 e. The lowest BCUT2D eigenvalue weighted by molar-refractivity contribution is -0.660. The summed E-state index contributed by atoms with van der Waals surface area (Å²) in [5.41, 5.74) is 0. The van der Waals surface area contributed by atoms with E-state index in [1.807, 2.05) is 0 Å². The lowest BCUT2D eigenvalue weighted by atomic mass is 10.3. The zero-order valence-electron chi connectivity index (χ0n) is 15.5. The summed E-state index contributed by atoms with van der Waals surface area (Å²) in [4.78, 5) is 0. The molecule has 0 aromatic rings. The Labute approximate surface area is 174 Å². The molecule has 0 aliphatic carbocycles. The number of unbranched alkanes of at least 4 members (excludes halogenated alkanes) is 2. The molecule has 0 radical (unpaired) electrons. The van der Waals surface area contributed by atoms with Gasteiger partial charge >= 0.3 is 0 Å². The number of hydrogen-bond acceptors (Lipinski definition) is 0. The zero-order chi connectivity index (χ0) is 14.7. The lowest BCUT2D eigenvalue weighted by Gasteiger charge is -2.00. The Morgan fingerprint density at radius 2 is 0.792 bits per heavy atom. The second-order valence-electron chi connectivity index (χ2n) is 5.48. The second-order valence-corrected chi connectivity index (χ2v) is 5.48. The highest BCUT2D eigenvalue weighted by Crippen LogP contribution is 1.78. The third-order valence-corrected chi connectivity index (χ3v) is 3.48. The normalized spacial score (nSPS) is 9.58. The van der Waals surface area contributed by atoms with Gasteiger partial charge < -0.3 is 70.9 Å². The SMILES string of the molecule is CC[NH2+]CCCC[NH2+]C/C=C\C[NH2+]CCCC[NH2+]CC.[Cl-].[Cl-].[Cl-].[Cl-]. The summed E-state index contributed by atoms with van der Waals surface area (Å²) in [6, 6.07) is 0. The Morgan fingerprint density at radius 1 is 0.500 bits per heavy atom. The average Bonchev–Trinajstić information content (AvgIpc) is 2.47. The molecule has 0 atom stereocenters. The van der Waals surface area contributed by atoms with E-state index < -0.39 is 0 Å². The minimum Gasteiger partial charge on any atom is -1.00 e. The molecule has 4 nitrogen and oxygen atoms in total. The van der Waals surface area contributed by atoms with Crippen LogP contribution in [0, 0.1) is 0 Å². The van der Waals surface area contributed by atoms with E-state index in [0.717, 1.165) is 13.1 Å². The fourth-order valence-electron chi connectivity index (χ4n) is 2.18. The van der Waals surface area contributed by atoms with Crippen molar-refractivity contribution in [3.8, 4) is 0 Å². The molecule has 0 unspecified atom stereocenters. The third-order valence-electron chi connectivity index (χ3n) is 3.48. The average molecular weight is 430 g/mol. The summed E-state index contributed by atoms with van der Waals surface area (Å²) >= 11 is 0. The topological polar surface area (TPSA) is 66.4 Å². The maximum absolute atomic E-state index is 2.42. The first-order valence-electron chi connectivity index (χ1n) is 8.83. The Morgan fingerprint density at radius 3 is 1.08 bits per heavy atom. The van der Waals surface area contributed by atoms with Crippen molar-refractivity contribution in [2.75, 3.05) is 52.4 Å². The van der Waals surface area contributed by atoms with Gasteiger partial charge in [-0.05, 0) is 26.0 Å². The Kier molecular flexibility index (Phi) is 52.1. The fraction of sp³-hybridized carbons (Fsp3) is 0.875. The van der Waals surface area contributed by atoms with Crippen molar-refractivity contribution in [3.05, 3.63) is 12.2 Å². The summed E-state index contributed by atoms with van der Waals surface area (Å²) in [6.07, 6.45) is 10.1. The number of hydrogen-bond donors (Lipinski definition) is 4. The minimum absolute atomic E-state index is 0. The van der Waals surface area contributed by atoms with Gasteiger partial charge in [-0.3, -0.25) is 0 Å². The van der Waals surface area contributed by atoms with Gasteiger partial charge in [0.2, 0.25) is 0 Å². The van der Waals surface area contributed by atoms with Crippen LogP contribution in [0.2, 0.25) is 0 Å². The first kappa shape index (κ1) is 35.8. The van der Waals surface area contributed by atoms with Crippen LogP contribution >= 0.6 is 0 Å². The number of nitrogens with two attached hydrogens (primary N) is 4. The molecule has 24 heavy (non-hydrogen) atoms. The first-order valence-corrected chi connectivity index (χ1v) is 8.83. The Bertz CT molecular complexity index is 191. The van der Waals surface area contributed by atoms with Gasteiger partial charge in [0.1, 0.15) is 0 Å². The minimum atomic E-state index is 0. The van der Waals surface area contributed by atoms with Gasteiger partial charge in [0, 0.05) is 25.7 Å². The molecule has 0 fully saturated rings. The molecular formula is C16H40Cl4N4. The molecule has 8 N–H and O–H groups in total. The highest BCUT2D eigenvalue weighted by Gasteiger charge is 1.93. The van der Waals surface area contributed by atoms with Crippen molar-refractivity contribution in [1.82, 2.24) is 0 Å². The molecule has 8 heteroatoms. The molecule has 0 saturated heterocycles. The summed E-state index contributed by atoms with van der Waals surface area (Å²) in [7, 11) is 0. The molecule has 0 aliphatic heterocycles. The Balaban J connectivity index is -0.000000301. The predicted octanol–water partition coefficient (Wildman–Crippen LogP) is -14.6. The fourth-order valence-corrected chi connectivity index (χ4v) is 2.18. The molecular weight excluding hydrogens is 390 g/mol. The molecule has 0 saturated carbocycles. The van der Waals surface area contributed by atoms with Gasteiger partial charge in [-0.2, -0.15) is 0 Å². The van der Waals surface area contributed by atoms with E-state index in [2.05, 4.69) is 47.3 Å². The number of rotatable bonds is 16. The molecule has 0 amide bonds. The maximum Gasteiger partial charge on any atom is 0.0944 e. The summed E-state index contributed by atoms with van der Waals surface area (Å²) in [5, 5.41) is 9.61. The van der Waals surface area contributed by atoms with Crippen LogP contribution in [-0.2, 0) is 0 Å². The molecule has 152 valence electrons. The van der Waals surface area contributed by atoms with E-state index >= 15 is 0 Å². The van der Waals surface area contributed by atoms with Gasteiger partial charge in [0.25, 0.3) is 0 Å². The van der Waals surface area contributed by atoms with Gasteiger partial charge in [-0.25, -0.2) is 0 Å². The van der Waals surface area contributed by atoms with Crippen LogP contribution in [0.25, 0.3) is 0 Å². The highest BCUT2D eigenvalue weighted by molar-refractivity contribution is 4.78. The van der Waals surface area contributed by atoms with Crippen molar-refractivity contribution in [3.63, 3.8) is 0 Å². The van der Waals surface area contributed by atoms with Crippen LogP contribution in [0.1, 0.15) is 39.5 Å². The summed E-state index contributed by atoms with van der Waals surface area (Å²) in [6.45, 7) is 14.3. The van der Waals surface area contributed by atoms with Crippen molar-refractivity contribution >= 4 is 0 Å². The first-order chi connectivity index (χ1) is 9.91. The number of halogens is 4. The lowest BCUT2D eigenvalue weighted by Crippen LogP contribution is -3.00. The van der Waals surface area contributed by atoms with E-state index in [1.165, 1.54) is 65.0 Å². The van der Waals surface area contributed by atoms with E-state index in [9.17, 15) is 0 Å². The van der Waals surface area contributed by atoms with E-state index in [1.54, 1.807) is 0 Å². The summed E-state index contributed by atoms with van der Waals surface area (Å²) in [5.74, 6) is 0. The molecule has 0 heterocycles. The van der Waals surface area contributed by atoms with Crippen molar-refractivity contribution < 1.29 is 70.9 Å². The monoisotopic (exact) mass is 428 g/mol. The predicted molar refractivity (Wildman–Crippen MR) is 85.6 cm³/mol. The Hall–Kier alpha value is 0.740. The third kappa shape index (κ3) is 34.2. The van der Waals surface area contributed by atoms with Gasteiger partial charge in [0.05, 0.1) is 52.4 Å². The van der Waals surface area contributed by atoms with Crippen molar-refractivity contribution in [1.29, 1.82) is 0 Å². The molecule has 0 aromatic heterocycles. The van der Waals surface area contributed by atoms with Crippen LogP contribution in [0.5, 0.6) is 0 Å². The van der Waals surface area contributed by atoms with Crippen LogP contribution in [-0.4, -0.2) is 52.4 Å². The van der Waals surface area contributed by atoms with Gasteiger partial charge in [0.15, 0.2) is 0 Å². The maximum atomic E-state index is 2.42. The van der Waals surface area contributed by atoms with E-state index in [4.69, 9.17) is 0 Å². The van der Waals surface area contributed by atoms with Crippen molar-refractivity contribution in [2.45, 2.75) is 39.5 Å². The molecule has 0 spiro atoms. The summed E-state index contributed by atoms with van der Waals surface area (Å²) < 4.78 is 0. The molecule has 0 rings (SSSR count). The zero-order valence-corrected chi connectivity index (χ0v) is 18.5. The van der Waals surface area contributed by atoms with Crippen molar-refractivity contribution in [2.24, 2.45) is 0 Å². The van der Waals surface area contributed by atoms with Gasteiger partial charge in [-0.1, -0.05) is 0 Å². The molecule has 0 aromatic carbocycles.